The zero-order valence-electron chi connectivity index (χ0n) is 11.7. The summed E-state index contributed by atoms with van der Waals surface area (Å²) in [6.45, 7) is 2.32. The monoisotopic (exact) mass is 304 g/mol. The van der Waals surface area contributed by atoms with Gasteiger partial charge < -0.3 is 14.8 Å². The van der Waals surface area contributed by atoms with Gasteiger partial charge in [0.1, 0.15) is 0 Å². The Morgan fingerprint density at radius 3 is 3.10 bits per heavy atom. The van der Waals surface area contributed by atoms with E-state index in [0.717, 1.165) is 35.6 Å². The van der Waals surface area contributed by atoms with Crippen LogP contribution in [0.3, 0.4) is 0 Å². The van der Waals surface area contributed by atoms with Gasteiger partial charge in [0.05, 0.1) is 5.69 Å². The summed E-state index contributed by atoms with van der Waals surface area (Å²) in [6.07, 6.45) is 2.44. The van der Waals surface area contributed by atoms with Crippen molar-refractivity contribution in [2.75, 3.05) is 12.1 Å². The first-order valence-electron chi connectivity index (χ1n) is 6.91. The molecule has 2 heterocycles. The van der Waals surface area contributed by atoms with Gasteiger partial charge >= 0.3 is 0 Å². The molecule has 1 N–H and O–H groups in total. The number of hydrogen-bond donors (Lipinski definition) is 1. The molecular weight excluding hydrogens is 288 g/mol. The molecule has 0 bridgehead atoms. The van der Waals surface area contributed by atoms with Crippen molar-refractivity contribution in [2.45, 2.75) is 26.2 Å². The molecule has 0 unspecified atom stereocenters. The van der Waals surface area contributed by atoms with Gasteiger partial charge in [0.25, 0.3) is 0 Å². The zero-order chi connectivity index (χ0) is 14.7. The zero-order valence-corrected chi connectivity index (χ0v) is 12.5. The van der Waals surface area contributed by atoms with Crippen LogP contribution in [0.25, 0.3) is 11.3 Å². The molecule has 0 aliphatic carbocycles. The molecule has 3 rings (SSSR count). The van der Waals surface area contributed by atoms with E-state index in [1.54, 1.807) is 0 Å². The average Bonchev–Trinajstić information content (AvgIpc) is 3.12. The summed E-state index contributed by atoms with van der Waals surface area (Å²) in [4.78, 5) is 16.1. The lowest BCUT2D eigenvalue weighted by atomic mass is 10.1. The minimum absolute atomic E-state index is 0.0171. The van der Waals surface area contributed by atoms with E-state index in [-0.39, 0.29) is 12.7 Å². The highest BCUT2D eigenvalue weighted by atomic mass is 32.1. The van der Waals surface area contributed by atoms with Gasteiger partial charge in [0.2, 0.25) is 12.7 Å². The second kappa shape index (κ2) is 6.13. The average molecular weight is 304 g/mol. The Bertz CT molecular complexity index is 654. The summed E-state index contributed by atoms with van der Waals surface area (Å²) in [5, 5.41) is 5.38. The maximum Gasteiger partial charge on any atom is 0.231 e. The molecule has 1 amide bonds. The summed E-state index contributed by atoms with van der Waals surface area (Å²) in [6, 6.07) is 5.71. The summed E-state index contributed by atoms with van der Waals surface area (Å²) in [5.74, 6) is 1.50. The topological polar surface area (TPSA) is 60.5 Å². The van der Waals surface area contributed by atoms with Crippen LogP contribution < -0.4 is 14.8 Å². The Morgan fingerprint density at radius 2 is 2.24 bits per heavy atom. The highest BCUT2D eigenvalue weighted by molar-refractivity contribution is 7.14. The van der Waals surface area contributed by atoms with Gasteiger partial charge in [-0.25, -0.2) is 4.98 Å². The maximum atomic E-state index is 11.7. The van der Waals surface area contributed by atoms with Gasteiger partial charge in [0.15, 0.2) is 16.6 Å². The molecule has 21 heavy (non-hydrogen) atoms. The van der Waals surface area contributed by atoms with E-state index in [9.17, 15) is 4.79 Å². The predicted molar refractivity (Wildman–Crippen MR) is 81.8 cm³/mol. The second-order valence-corrected chi connectivity index (χ2v) is 5.62. The van der Waals surface area contributed by atoms with E-state index in [1.165, 1.54) is 11.3 Å². The molecule has 1 aliphatic heterocycles. The number of unbranched alkanes of at least 4 members (excludes halogenated alkanes) is 1. The third-order valence-corrected chi connectivity index (χ3v) is 3.93. The molecule has 6 heteroatoms. The minimum Gasteiger partial charge on any atom is -0.454 e. The van der Waals surface area contributed by atoms with Gasteiger partial charge in [0, 0.05) is 17.4 Å². The Hall–Kier alpha value is -2.08. The van der Waals surface area contributed by atoms with E-state index in [4.69, 9.17) is 9.47 Å². The third kappa shape index (κ3) is 3.16. The Balaban J connectivity index is 1.71. The van der Waals surface area contributed by atoms with Crippen LogP contribution in [0.2, 0.25) is 0 Å². The highest BCUT2D eigenvalue weighted by Crippen LogP contribution is 2.36. The Morgan fingerprint density at radius 1 is 1.38 bits per heavy atom. The summed E-state index contributed by atoms with van der Waals surface area (Å²) < 4.78 is 10.6. The fourth-order valence-electron chi connectivity index (χ4n) is 2.04. The van der Waals surface area contributed by atoms with Crippen LogP contribution in [-0.2, 0) is 4.79 Å². The lowest BCUT2D eigenvalue weighted by Crippen LogP contribution is -2.10. The van der Waals surface area contributed by atoms with Crippen LogP contribution in [0.4, 0.5) is 5.13 Å². The number of aromatic nitrogens is 1. The van der Waals surface area contributed by atoms with Crippen LogP contribution in [0.15, 0.2) is 23.6 Å². The number of ether oxygens (including phenoxy) is 2. The van der Waals surface area contributed by atoms with E-state index < -0.39 is 0 Å². The minimum atomic E-state index is 0.0171. The largest absolute Gasteiger partial charge is 0.454 e. The van der Waals surface area contributed by atoms with Gasteiger partial charge in [-0.05, 0) is 24.6 Å². The number of benzene rings is 1. The van der Waals surface area contributed by atoms with Crippen LogP contribution in [0.1, 0.15) is 26.2 Å². The number of carbonyl (C=O) groups excluding carboxylic acids is 1. The van der Waals surface area contributed by atoms with Crippen LogP contribution in [0, 0.1) is 0 Å². The first-order chi connectivity index (χ1) is 10.3. The third-order valence-electron chi connectivity index (χ3n) is 3.18. The van der Waals surface area contributed by atoms with Crippen LogP contribution >= 0.6 is 11.3 Å². The number of carbonyl (C=O) groups is 1. The molecule has 0 saturated carbocycles. The van der Waals surface area contributed by atoms with Crippen molar-refractivity contribution in [2.24, 2.45) is 0 Å². The highest BCUT2D eigenvalue weighted by Gasteiger charge is 2.15. The number of nitrogens with zero attached hydrogens (tertiary/aromatic N) is 1. The predicted octanol–water partition coefficient (Wildman–Crippen LogP) is 3.67. The standard InChI is InChI=1S/C15H16N2O3S/c1-2-3-4-14(18)17-15-16-11(8-21-15)10-5-6-12-13(7-10)20-9-19-12/h5-8H,2-4,9H2,1H3,(H,16,17,18). The first-order valence-corrected chi connectivity index (χ1v) is 7.79. The second-order valence-electron chi connectivity index (χ2n) is 4.76. The molecule has 2 aromatic rings. The number of nitrogens with one attached hydrogen (secondary N) is 1. The molecule has 5 nitrogen and oxygen atoms in total. The normalized spacial score (nSPS) is 12.4. The lowest BCUT2D eigenvalue weighted by Gasteiger charge is -2.01. The SMILES string of the molecule is CCCCC(=O)Nc1nc(-c2ccc3c(c2)OCO3)cs1. The van der Waals surface area contributed by atoms with E-state index in [2.05, 4.69) is 17.2 Å². The molecular formula is C15H16N2O3S. The Labute approximate surface area is 126 Å². The quantitative estimate of drug-likeness (QED) is 0.915. The summed E-state index contributed by atoms with van der Waals surface area (Å²) in [5.41, 5.74) is 1.77. The molecule has 0 spiro atoms. The van der Waals surface area contributed by atoms with Crippen molar-refractivity contribution in [3.05, 3.63) is 23.6 Å². The van der Waals surface area contributed by atoms with Gasteiger partial charge in [-0.1, -0.05) is 13.3 Å². The van der Waals surface area contributed by atoms with Gasteiger partial charge in [-0.15, -0.1) is 11.3 Å². The first kappa shape index (κ1) is 13.9. The van der Waals surface area contributed by atoms with Crippen molar-refractivity contribution in [1.29, 1.82) is 0 Å². The molecule has 110 valence electrons. The van der Waals surface area contributed by atoms with Crippen molar-refractivity contribution in [1.82, 2.24) is 4.98 Å². The molecule has 1 aliphatic rings. The van der Waals surface area contributed by atoms with Crippen molar-refractivity contribution in [3.8, 4) is 22.8 Å². The molecule has 0 atom stereocenters. The molecule has 1 aromatic heterocycles. The molecule has 0 saturated heterocycles. The fourth-order valence-corrected chi connectivity index (χ4v) is 2.77. The van der Waals surface area contributed by atoms with Gasteiger partial charge in [-0.3, -0.25) is 4.79 Å². The van der Waals surface area contributed by atoms with Gasteiger partial charge in [-0.2, -0.15) is 0 Å². The Kier molecular flexibility index (Phi) is 4.06. The van der Waals surface area contributed by atoms with Crippen molar-refractivity contribution >= 4 is 22.4 Å². The molecule has 0 fully saturated rings. The number of rotatable bonds is 5. The summed E-state index contributed by atoms with van der Waals surface area (Å²) in [7, 11) is 0. The number of amides is 1. The van der Waals surface area contributed by atoms with E-state index in [1.807, 2.05) is 23.6 Å². The number of anilines is 1. The van der Waals surface area contributed by atoms with E-state index in [0.29, 0.717) is 11.6 Å². The lowest BCUT2D eigenvalue weighted by molar-refractivity contribution is -0.116. The number of thiazole rings is 1. The maximum absolute atomic E-state index is 11.7. The number of hydrogen-bond acceptors (Lipinski definition) is 5. The van der Waals surface area contributed by atoms with Crippen LogP contribution in [-0.4, -0.2) is 17.7 Å². The molecule has 1 aromatic carbocycles. The van der Waals surface area contributed by atoms with Crippen molar-refractivity contribution < 1.29 is 14.3 Å². The van der Waals surface area contributed by atoms with Crippen LogP contribution in [0.5, 0.6) is 11.5 Å². The number of fused-ring (bicyclic) bond motifs is 1. The smallest absolute Gasteiger partial charge is 0.231 e. The summed E-state index contributed by atoms with van der Waals surface area (Å²) >= 11 is 1.42. The fraction of sp³-hybridized carbons (Fsp3) is 0.333. The van der Waals surface area contributed by atoms with E-state index >= 15 is 0 Å². The molecule has 0 radical (unpaired) electrons. The van der Waals surface area contributed by atoms with Crippen molar-refractivity contribution in [3.63, 3.8) is 0 Å².